The van der Waals surface area contributed by atoms with Gasteiger partial charge in [0.2, 0.25) is 0 Å². The lowest BCUT2D eigenvalue weighted by atomic mass is 9.92. The molecule has 1 aliphatic heterocycles. The zero-order chi connectivity index (χ0) is 20.3. The number of rotatable bonds is 5. The summed E-state index contributed by atoms with van der Waals surface area (Å²) in [6, 6.07) is 29.1. The number of amides is 1. The molecule has 2 atom stereocenters. The minimum atomic E-state index is -0.421. The van der Waals surface area contributed by atoms with E-state index in [2.05, 4.69) is 22.5 Å². The van der Waals surface area contributed by atoms with Gasteiger partial charge in [0, 0.05) is 11.3 Å². The topological polar surface area (TPSA) is 51.0 Å². The van der Waals surface area contributed by atoms with Gasteiger partial charge in [0.1, 0.15) is 5.69 Å². The number of nitrogens with zero attached hydrogens (tertiary/aromatic N) is 4. The van der Waals surface area contributed by atoms with Crippen molar-refractivity contribution in [1.82, 2.24) is 15.0 Å². The predicted octanol–water partition coefficient (Wildman–Crippen LogP) is 4.62. The van der Waals surface area contributed by atoms with Crippen LogP contribution < -0.4 is 4.90 Å². The molecule has 1 aromatic heterocycles. The van der Waals surface area contributed by atoms with E-state index in [1.165, 1.54) is 0 Å². The van der Waals surface area contributed by atoms with Gasteiger partial charge >= 0.3 is 0 Å². The second-order valence-electron chi connectivity index (χ2n) is 7.20. The molecule has 0 radical (unpaired) electrons. The van der Waals surface area contributed by atoms with E-state index in [0.717, 1.165) is 22.5 Å². The number of carbonyl (C=O) groups excluding carboxylic acids is 1. The van der Waals surface area contributed by atoms with Crippen molar-refractivity contribution in [3.63, 3.8) is 0 Å². The Kier molecular flexibility index (Phi) is 4.69. The van der Waals surface area contributed by atoms with Gasteiger partial charge < -0.3 is 4.90 Å². The molecule has 1 amide bonds. The van der Waals surface area contributed by atoms with Gasteiger partial charge in [-0.2, -0.15) is 0 Å². The average molecular weight is 392 g/mol. The van der Waals surface area contributed by atoms with Crippen LogP contribution in [0.3, 0.4) is 0 Å². The number of carbonyl (C=O) groups is 1. The highest BCUT2D eigenvalue weighted by atomic mass is 16.2. The Labute approximate surface area is 174 Å². The van der Waals surface area contributed by atoms with Gasteiger partial charge in [0.25, 0.3) is 5.91 Å². The maximum atomic E-state index is 13.1. The van der Waals surface area contributed by atoms with Crippen molar-refractivity contribution < 1.29 is 4.79 Å². The Morgan fingerprint density at radius 1 is 0.800 bits per heavy atom. The Hall–Kier alpha value is -3.99. The number of anilines is 1. The molecule has 0 saturated carbocycles. The van der Waals surface area contributed by atoms with Crippen molar-refractivity contribution in [3.05, 3.63) is 109 Å². The molecule has 5 nitrogen and oxygen atoms in total. The average Bonchev–Trinajstić information content (AvgIpc) is 3.28. The third-order valence-electron chi connectivity index (χ3n) is 5.30. The summed E-state index contributed by atoms with van der Waals surface area (Å²) < 4.78 is 1.68. The van der Waals surface area contributed by atoms with Crippen molar-refractivity contribution in [2.24, 2.45) is 0 Å². The molecule has 0 bridgehead atoms. The number of aromatic nitrogens is 3. The normalized spacial score (nSPS) is 18.5. The molecule has 1 aliphatic rings. The van der Waals surface area contributed by atoms with Crippen molar-refractivity contribution in [2.75, 3.05) is 4.90 Å². The van der Waals surface area contributed by atoms with Crippen LogP contribution in [0.1, 0.15) is 11.6 Å². The van der Waals surface area contributed by atoms with Gasteiger partial charge in [-0.1, -0.05) is 96.2 Å². The lowest BCUT2D eigenvalue weighted by molar-refractivity contribution is -0.128. The molecule has 5 rings (SSSR count). The Balaban J connectivity index is 1.48. The quantitative estimate of drug-likeness (QED) is 0.466. The van der Waals surface area contributed by atoms with Crippen LogP contribution in [0.4, 0.5) is 5.69 Å². The van der Waals surface area contributed by atoms with E-state index in [4.69, 9.17) is 0 Å². The number of benzene rings is 3. The van der Waals surface area contributed by atoms with Gasteiger partial charge in [0.15, 0.2) is 6.04 Å². The summed E-state index contributed by atoms with van der Waals surface area (Å²) in [6.45, 7) is 0. The third kappa shape index (κ3) is 3.31. The molecule has 5 heteroatoms. The minimum absolute atomic E-state index is 0.00780. The first-order chi connectivity index (χ1) is 14.8. The van der Waals surface area contributed by atoms with Crippen molar-refractivity contribution >= 4 is 17.7 Å². The summed E-state index contributed by atoms with van der Waals surface area (Å²) in [7, 11) is 0. The van der Waals surface area contributed by atoms with Crippen LogP contribution >= 0.6 is 0 Å². The summed E-state index contributed by atoms with van der Waals surface area (Å²) in [5.74, 6) is 0.00780. The smallest absolute Gasteiger partial charge is 0.255 e. The number of hydrogen-bond acceptors (Lipinski definition) is 3. The first-order valence-electron chi connectivity index (χ1n) is 9.90. The summed E-state index contributed by atoms with van der Waals surface area (Å²) in [5, 5.41) is 8.58. The fourth-order valence-electron chi connectivity index (χ4n) is 3.77. The summed E-state index contributed by atoms with van der Waals surface area (Å²) in [5.41, 5.74) is 3.70. The SMILES string of the molecule is O=C1[C@@H](n2cc(-c3ccccc3)nn2)[C@@H](/C=C/c2ccccc2)N1c1ccccc1. The zero-order valence-corrected chi connectivity index (χ0v) is 16.2. The minimum Gasteiger partial charge on any atom is -0.301 e. The molecular formula is C25H20N4O. The molecule has 1 fully saturated rings. The molecule has 146 valence electrons. The van der Waals surface area contributed by atoms with E-state index in [1.54, 1.807) is 4.68 Å². The molecule has 0 N–H and O–H groups in total. The number of para-hydroxylation sites is 1. The fraction of sp³-hybridized carbons (Fsp3) is 0.0800. The second kappa shape index (κ2) is 7.79. The standard InChI is InChI=1S/C25H20N4O/c30-25-24(28-18-22(26-27-28)20-12-6-2-7-13-20)23(17-16-19-10-4-1-5-11-19)29(25)21-14-8-3-9-15-21/h1-18,23-24H/b17-16+/t23-,24+/m1/s1. The van der Waals surface area contributed by atoms with E-state index in [0.29, 0.717) is 0 Å². The molecule has 0 unspecified atom stereocenters. The third-order valence-corrected chi connectivity index (χ3v) is 5.30. The first-order valence-corrected chi connectivity index (χ1v) is 9.90. The zero-order valence-electron chi connectivity index (χ0n) is 16.2. The molecule has 2 heterocycles. The molecule has 3 aromatic carbocycles. The second-order valence-corrected chi connectivity index (χ2v) is 7.20. The van der Waals surface area contributed by atoms with Crippen LogP contribution in [0.2, 0.25) is 0 Å². The Morgan fingerprint density at radius 3 is 2.13 bits per heavy atom. The van der Waals surface area contributed by atoms with Crippen LogP contribution in [0.5, 0.6) is 0 Å². The van der Waals surface area contributed by atoms with Gasteiger partial charge in [0.05, 0.1) is 12.2 Å². The summed E-state index contributed by atoms with van der Waals surface area (Å²) >= 11 is 0. The largest absolute Gasteiger partial charge is 0.301 e. The van der Waals surface area contributed by atoms with Crippen molar-refractivity contribution in [3.8, 4) is 11.3 Å². The Morgan fingerprint density at radius 2 is 1.43 bits per heavy atom. The maximum absolute atomic E-state index is 13.1. The van der Waals surface area contributed by atoms with Crippen molar-refractivity contribution in [2.45, 2.75) is 12.1 Å². The molecule has 1 saturated heterocycles. The van der Waals surface area contributed by atoms with Gasteiger partial charge in [-0.25, -0.2) is 4.68 Å². The van der Waals surface area contributed by atoms with E-state index in [-0.39, 0.29) is 11.9 Å². The van der Waals surface area contributed by atoms with Crippen LogP contribution in [-0.2, 0) is 4.79 Å². The fourth-order valence-corrected chi connectivity index (χ4v) is 3.77. The number of β-lactam (4-membered cyclic amide) rings is 1. The molecule has 4 aromatic rings. The summed E-state index contributed by atoms with van der Waals surface area (Å²) in [4.78, 5) is 14.9. The van der Waals surface area contributed by atoms with Gasteiger partial charge in [-0.3, -0.25) is 4.79 Å². The predicted molar refractivity (Wildman–Crippen MR) is 118 cm³/mol. The van der Waals surface area contributed by atoms with Gasteiger partial charge in [-0.05, 0) is 17.7 Å². The Bertz CT molecular complexity index is 1170. The highest BCUT2D eigenvalue weighted by Crippen LogP contribution is 2.37. The van der Waals surface area contributed by atoms with E-state index < -0.39 is 6.04 Å². The number of hydrogen-bond donors (Lipinski definition) is 0. The molecular weight excluding hydrogens is 372 g/mol. The lowest BCUT2D eigenvalue weighted by Gasteiger charge is -2.45. The maximum Gasteiger partial charge on any atom is 0.255 e. The van der Waals surface area contributed by atoms with Gasteiger partial charge in [-0.15, -0.1) is 5.10 Å². The van der Waals surface area contributed by atoms with Crippen molar-refractivity contribution in [1.29, 1.82) is 0 Å². The summed E-state index contributed by atoms with van der Waals surface area (Å²) in [6.07, 6.45) is 5.97. The van der Waals surface area contributed by atoms with Crippen LogP contribution in [0.25, 0.3) is 17.3 Å². The monoisotopic (exact) mass is 392 g/mol. The molecule has 30 heavy (non-hydrogen) atoms. The first kappa shape index (κ1) is 18.1. The lowest BCUT2D eigenvalue weighted by Crippen LogP contribution is -2.61. The van der Waals surface area contributed by atoms with E-state index in [9.17, 15) is 4.79 Å². The van der Waals surface area contributed by atoms with Crippen LogP contribution in [0.15, 0.2) is 103 Å². The van der Waals surface area contributed by atoms with Crippen LogP contribution in [-0.4, -0.2) is 26.9 Å². The highest BCUT2D eigenvalue weighted by Gasteiger charge is 2.48. The van der Waals surface area contributed by atoms with E-state index >= 15 is 0 Å². The highest BCUT2D eigenvalue weighted by molar-refractivity contribution is 6.05. The molecule has 0 aliphatic carbocycles. The van der Waals surface area contributed by atoms with E-state index in [1.807, 2.05) is 102 Å². The molecule has 0 spiro atoms. The van der Waals surface area contributed by atoms with Crippen LogP contribution in [0, 0.1) is 0 Å².